The first kappa shape index (κ1) is 19.4. The Bertz CT molecular complexity index is 784. The molecule has 5 nitrogen and oxygen atoms in total. The van der Waals surface area contributed by atoms with Crippen molar-refractivity contribution in [3.8, 4) is 0 Å². The summed E-state index contributed by atoms with van der Waals surface area (Å²) in [5.41, 5.74) is 1.67. The highest BCUT2D eigenvalue weighted by Crippen LogP contribution is 2.24. The number of carbonyl (C=O) groups is 2. The van der Waals surface area contributed by atoms with Crippen LogP contribution in [0.4, 0.5) is 5.69 Å². The van der Waals surface area contributed by atoms with Gasteiger partial charge in [0.1, 0.15) is 5.15 Å². The fourth-order valence-electron chi connectivity index (χ4n) is 3.47. The average Bonchev–Trinajstić information content (AvgIpc) is 2.69. The first-order chi connectivity index (χ1) is 13.0. The lowest BCUT2D eigenvalue weighted by Crippen LogP contribution is -2.32. The summed E-state index contributed by atoms with van der Waals surface area (Å²) in [5, 5.41) is 3.13. The molecule has 1 aromatic heterocycles. The topological polar surface area (TPSA) is 62.3 Å². The molecule has 142 valence electrons. The number of aromatic nitrogens is 1. The molecule has 1 aliphatic rings. The Kier molecular flexibility index (Phi) is 6.45. The number of nitrogens with one attached hydrogen (secondary N) is 1. The van der Waals surface area contributed by atoms with Crippen LogP contribution in [0.3, 0.4) is 0 Å². The van der Waals surface area contributed by atoms with Gasteiger partial charge in [-0.25, -0.2) is 4.98 Å². The number of amides is 2. The molecule has 0 unspecified atom stereocenters. The van der Waals surface area contributed by atoms with Crippen molar-refractivity contribution in [1.29, 1.82) is 0 Å². The van der Waals surface area contributed by atoms with E-state index in [9.17, 15) is 9.59 Å². The molecule has 1 N–H and O–H groups in total. The van der Waals surface area contributed by atoms with Crippen LogP contribution in [0, 0.1) is 5.92 Å². The van der Waals surface area contributed by atoms with Crippen LogP contribution >= 0.6 is 11.6 Å². The second-order valence-corrected chi connectivity index (χ2v) is 7.48. The zero-order valence-electron chi connectivity index (χ0n) is 15.5. The van der Waals surface area contributed by atoms with E-state index in [1.165, 1.54) is 38.3 Å². The summed E-state index contributed by atoms with van der Waals surface area (Å²) in [7, 11) is 1.86. The molecule has 3 rings (SSSR count). The number of nitrogens with zero attached hydrogens (tertiary/aromatic N) is 2. The van der Waals surface area contributed by atoms with Crippen molar-refractivity contribution in [2.75, 3.05) is 18.9 Å². The van der Waals surface area contributed by atoms with Crippen molar-refractivity contribution in [2.24, 2.45) is 5.92 Å². The number of hydrogen-bond acceptors (Lipinski definition) is 3. The standard InChI is InChI=1S/C21H24ClN3O2/c1-25(14-15-5-3-2-4-6-15)21(27)16-7-10-18(11-8-16)24-20(26)17-9-12-19(22)23-13-17/h7-13,15H,2-6,14H2,1H3,(H,24,26). The highest BCUT2D eigenvalue weighted by atomic mass is 35.5. The summed E-state index contributed by atoms with van der Waals surface area (Å²) in [5.74, 6) is 0.354. The first-order valence-corrected chi connectivity index (χ1v) is 9.69. The van der Waals surface area contributed by atoms with Gasteiger partial charge in [-0.1, -0.05) is 30.9 Å². The highest BCUT2D eigenvalue weighted by Gasteiger charge is 2.19. The Balaban J connectivity index is 1.58. The number of anilines is 1. The van der Waals surface area contributed by atoms with Crippen LogP contribution in [0.5, 0.6) is 0 Å². The summed E-state index contributed by atoms with van der Waals surface area (Å²) in [4.78, 5) is 30.5. The van der Waals surface area contributed by atoms with Crippen molar-refractivity contribution in [3.63, 3.8) is 0 Å². The predicted molar refractivity (Wildman–Crippen MR) is 107 cm³/mol. The van der Waals surface area contributed by atoms with Crippen LogP contribution in [0.1, 0.15) is 52.8 Å². The second-order valence-electron chi connectivity index (χ2n) is 7.09. The minimum atomic E-state index is -0.271. The van der Waals surface area contributed by atoms with Gasteiger partial charge in [0.15, 0.2) is 0 Å². The largest absolute Gasteiger partial charge is 0.341 e. The van der Waals surface area contributed by atoms with E-state index in [0.29, 0.717) is 27.9 Å². The molecule has 6 heteroatoms. The molecule has 2 aromatic rings. The first-order valence-electron chi connectivity index (χ1n) is 9.31. The molecule has 0 atom stereocenters. The third-order valence-electron chi connectivity index (χ3n) is 4.98. The number of carbonyl (C=O) groups excluding carboxylic acids is 2. The highest BCUT2D eigenvalue weighted by molar-refractivity contribution is 6.29. The normalized spacial score (nSPS) is 14.6. The fourth-order valence-corrected chi connectivity index (χ4v) is 3.58. The van der Waals surface area contributed by atoms with Gasteiger partial charge in [-0.15, -0.1) is 0 Å². The molecule has 1 saturated carbocycles. The summed E-state index contributed by atoms with van der Waals surface area (Å²) in [6, 6.07) is 10.2. The monoisotopic (exact) mass is 385 g/mol. The van der Waals surface area contributed by atoms with Gasteiger partial charge >= 0.3 is 0 Å². The molecule has 1 fully saturated rings. The van der Waals surface area contributed by atoms with E-state index >= 15 is 0 Å². The van der Waals surface area contributed by atoms with E-state index in [1.807, 2.05) is 11.9 Å². The minimum Gasteiger partial charge on any atom is -0.341 e. The number of rotatable bonds is 5. The molecule has 0 aliphatic heterocycles. The number of pyridine rings is 1. The van der Waals surface area contributed by atoms with E-state index in [1.54, 1.807) is 36.4 Å². The summed E-state index contributed by atoms with van der Waals surface area (Å²) < 4.78 is 0. The predicted octanol–water partition coefficient (Wildman–Crippen LogP) is 4.64. The third kappa shape index (κ3) is 5.30. The van der Waals surface area contributed by atoms with Gasteiger partial charge in [-0.3, -0.25) is 9.59 Å². The Morgan fingerprint density at radius 2 is 1.74 bits per heavy atom. The van der Waals surface area contributed by atoms with Crippen molar-refractivity contribution in [3.05, 3.63) is 58.9 Å². The molecule has 1 aliphatic carbocycles. The van der Waals surface area contributed by atoms with Crippen molar-refractivity contribution in [2.45, 2.75) is 32.1 Å². The molecular formula is C21H24ClN3O2. The molecule has 27 heavy (non-hydrogen) atoms. The zero-order chi connectivity index (χ0) is 19.2. The maximum Gasteiger partial charge on any atom is 0.257 e. The Hall–Kier alpha value is -2.40. The second kappa shape index (κ2) is 9.00. The van der Waals surface area contributed by atoms with Crippen LogP contribution in [0.15, 0.2) is 42.6 Å². The average molecular weight is 386 g/mol. The van der Waals surface area contributed by atoms with Crippen LogP contribution in [-0.4, -0.2) is 35.3 Å². The van der Waals surface area contributed by atoms with Crippen LogP contribution in [0.25, 0.3) is 0 Å². The van der Waals surface area contributed by atoms with E-state index in [-0.39, 0.29) is 11.8 Å². The van der Waals surface area contributed by atoms with Gasteiger partial charge in [-0.05, 0) is 55.2 Å². The van der Waals surface area contributed by atoms with Crippen LogP contribution < -0.4 is 5.32 Å². The number of benzene rings is 1. The summed E-state index contributed by atoms with van der Waals surface area (Å²) >= 11 is 5.73. The Morgan fingerprint density at radius 3 is 2.37 bits per heavy atom. The summed E-state index contributed by atoms with van der Waals surface area (Å²) in [6.07, 6.45) is 7.70. The molecular weight excluding hydrogens is 362 g/mol. The third-order valence-corrected chi connectivity index (χ3v) is 5.21. The van der Waals surface area contributed by atoms with Gasteiger partial charge in [-0.2, -0.15) is 0 Å². The van der Waals surface area contributed by atoms with E-state index in [0.717, 1.165) is 6.54 Å². The lowest BCUT2D eigenvalue weighted by molar-refractivity contribution is 0.0760. The smallest absolute Gasteiger partial charge is 0.257 e. The van der Waals surface area contributed by atoms with Gasteiger partial charge < -0.3 is 10.2 Å². The van der Waals surface area contributed by atoms with Gasteiger partial charge in [0, 0.05) is 31.0 Å². The molecule has 1 heterocycles. The van der Waals surface area contributed by atoms with Gasteiger partial charge in [0.2, 0.25) is 0 Å². The van der Waals surface area contributed by atoms with E-state index in [4.69, 9.17) is 11.6 Å². The number of hydrogen-bond donors (Lipinski definition) is 1. The van der Waals surface area contributed by atoms with Crippen LogP contribution in [0.2, 0.25) is 5.15 Å². The zero-order valence-corrected chi connectivity index (χ0v) is 16.2. The number of halogens is 1. The lowest BCUT2D eigenvalue weighted by atomic mass is 9.89. The maximum atomic E-state index is 12.6. The van der Waals surface area contributed by atoms with Crippen molar-refractivity contribution < 1.29 is 9.59 Å². The quantitative estimate of drug-likeness (QED) is 0.762. The van der Waals surface area contributed by atoms with Gasteiger partial charge in [0.25, 0.3) is 11.8 Å². The SMILES string of the molecule is CN(CC1CCCCC1)C(=O)c1ccc(NC(=O)c2ccc(Cl)nc2)cc1. The molecule has 0 saturated heterocycles. The van der Waals surface area contributed by atoms with Gasteiger partial charge in [0.05, 0.1) is 5.56 Å². The lowest BCUT2D eigenvalue weighted by Gasteiger charge is -2.27. The van der Waals surface area contributed by atoms with Crippen LogP contribution in [-0.2, 0) is 0 Å². The van der Waals surface area contributed by atoms with Crippen molar-refractivity contribution >= 4 is 29.1 Å². The fraction of sp³-hybridized carbons (Fsp3) is 0.381. The molecule has 1 aromatic carbocycles. The molecule has 0 spiro atoms. The molecule has 2 amide bonds. The molecule has 0 bridgehead atoms. The minimum absolute atomic E-state index is 0.0142. The van der Waals surface area contributed by atoms with E-state index in [2.05, 4.69) is 10.3 Å². The van der Waals surface area contributed by atoms with E-state index < -0.39 is 0 Å². The Morgan fingerprint density at radius 1 is 1.07 bits per heavy atom. The Labute approximate surface area is 164 Å². The molecule has 0 radical (unpaired) electrons. The van der Waals surface area contributed by atoms with Crippen molar-refractivity contribution in [1.82, 2.24) is 9.88 Å². The summed E-state index contributed by atoms with van der Waals surface area (Å²) in [6.45, 7) is 0.806. The maximum absolute atomic E-state index is 12.6.